The Morgan fingerprint density at radius 3 is 0.688 bits per heavy atom. The van der Waals surface area contributed by atoms with Crippen molar-refractivity contribution in [1.29, 1.82) is 0 Å². The normalized spacial score (nSPS) is 15.8. The van der Waals surface area contributed by atoms with Gasteiger partial charge in [-0.2, -0.15) is 0 Å². The average Bonchev–Trinajstić information content (AvgIpc) is 2.61. The van der Waals surface area contributed by atoms with Crippen molar-refractivity contribution in [2.45, 2.75) is 223 Å². The van der Waals surface area contributed by atoms with Crippen LogP contribution in [0.25, 0.3) is 0 Å². The summed E-state index contributed by atoms with van der Waals surface area (Å²) >= 11 is 0. The van der Waals surface area contributed by atoms with E-state index in [4.69, 9.17) is 9.47 Å². The van der Waals surface area contributed by atoms with E-state index >= 15 is 0 Å². The van der Waals surface area contributed by atoms with Crippen LogP contribution < -0.4 is 0 Å². The predicted octanol–water partition coefficient (Wildman–Crippen LogP) is 15.2. The minimum atomic E-state index is -0.204. The second-order valence-electron chi connectivity index (χ2n) is 26.9. The molecule has 0 aliphatic carbocycles. The molecular weight excluding hydrogens is 585 g/mol. The number of hydrogen-bond donors (Lipinski definition) is 0. The number of rotatable bonds is 15. The largest absolute Gasteiger partial charge is 0.380 e. The van der Waals surface area contributed by atoms with Gasteiger partial charge in [0.2, 0.25) is 0 Å². The lowest BCUT2D eigenvalue weighted by Crippen LogP contribution is -2.48. The van der Waals surface area contributed by atoms with Gasteiger partial charge in [-0.05, 0) is 100 Å². The zero-order chi connectivity index (χ0) is 38.7. The van der Waals surface area contributed by atoms with Crippen LogP contribution in [-0.4, -0.2) is 25.4 Å². The van der Waals surface area contributed by atoms with E-state index in [0.717, 1.165) is 51.9 Å². The first-order chi connectivity index (χ1) is 20.6. The maximum Gasteiger partial charge on any atom is 0.0697 e. The summed E-state index contributed by atoms with van der Waals surface area (Å²) in [5.41, 5.74) is 1.28. The van der Waals surface area contributed by atoms with Crippen molar-refractivity contribution in [2.75, 3.05) is 19.8 Å². The van der Waals surface area contributed by atoms with E-state index in [-0.39, 0.29) is 59.8 Å². The third-order valence-corrected chi connectivity index (χ3v) is 8.59. The maximum absolute atomic E-state index is 7.66. The Labute approximate surface area is 305 Å². The molecule has 0 saturated carbocycles. The summed E-state index contributed by atoms with van der Waals surface area (Å²) in [4.78, 5) is 0. The van der Waals surface area contributed by atoms with Crippen LogP contribution in [0.2, 0.25) is 0 Å². The molecule has 0 amide bonds. The molecule has 290 valence electrons. The van der Waals surface area contributed by atoms with Crippen molar-refractivity contribution >= 4 is 0 Å². The standard InChI is InChI=1S/C46H94O2/c1-36(2,3)25-44(26-37(4,5)6,27-38(7,8)9)33-47-34-45(28-39(10,11)12,29-40(13,14)15)35-48-46(30-41(16,17)18,31-42(19,20)21)32-43(22,23)24/h25-35H2,1-24H3. The van der Waals surface area contributed by atoms with Gasteiger partial charge in [-0.1, -0.05) is 166 Å². The van der Waals surface area contributed by atoms with E-state index in [9.17, 15) is 0 Å². The molecule has 0 fully saturated rings. The topological polar surface area (TPSA) is 18.5 Å². The lowest BCUT2D eigenvalue weighted by Gasteiger charge is -2.50. The molecule has 2 heteroatoms. The zero-order valence-electron chi connectivity index (χ0n) is 38.1. The van der Waals surface area contributed by atoms with Crippen LogP contribution >= 0.6 is 0 Å². The minimum Gasteiger partial charge on any atom is -0.380 e. The first kappa shape index (κ1) is 47.9. The molecule has 0 saturated heterocycles. The fourth-order valence-electron chi connectivity index (χ4n) is 10.3. The molecule has 0 heterocycles. The molecule has 0 spiro atoms. The van der Waals surface area contributed by atoms with Gasteiger partial charge in [-0.15, -0.1) is 0 Å². The maximum atomic E-state index is 7.66. The highest BCUT2D eigenvalue weighted by molar-refractivity contribution is 4.97. The van der Waals surface area contributed by atoms with Gasteiger partial charge in [0.05, 0.1) is 25.4 Å². The summed E-state index contributed by atoms with van der Waals surface area (Å²) in [5.74, 6) is 0. The van der Waals surface area contributed by atoms with E-state index in [1.807, 2.05) is 0 Å². The molecule has 0 aliphatic heterocycles. The molecule has 0 aliphatic rings. The van der Waals surface area contributed by atoms with Gasteiger partial charge < -0.3 is 9.47 Å². The van der Waals surface area contributed by atoms with Crippen LogP contribution in [0, 0.1) is 54.1 Å². The summed E-state index contributed by atoms with van der Waals surface area (Å²) in [7, 11) is 0. The van der Waals surface area contributed by atoms with Crippen molar-refractivity contribution in [3.63, 3.8) is 0 Å². The summed E-state index contributed by atoms with van der Waals surface area (Å²) < 4.78 is 14.9. The Morgan fingerprint density at radius 1 is 0.250 bits per heavy atom. The Kier molecular flexibility index (Phi) is 15.9. The van der Waals surface area contributed by atoms with E-state index in [1.54, 1.807) is 0 Å². The molecule has 0 unspecified atom stereocenters. The molecule has 0 rings (SSSR count). The van der Waals surface area contributed by atoms with Gasteiger partial charge >= 0.3 is 0 Å². The van der Waals surface area contributed by atoms with E-state index in [0.29, 0.717) is 0 Å². The molecule has 2 nitrogen and oxygen atoms in total. The smallest absolute Gasteiger partial charge is 0.0697 e. The van der Waals surface area contributed by atoms with Crippen molar-refractivity contribution in [2.24, 2.45) is 54.1 Å². The van der Waals surface area contributed by atoms with Crippen molar-refractivity contribution < 1.29 is 9.47 Å². The van der Waals surface area contributed by atoms with Gasteiger partial charge in [0.25, 0.3) is 0 Å². The second kappa shape index (κ2) is 15.9. The molecule has 0 N–H and O–H groups in total. The summed E-state index contributed by atoms with van der Waals surface area (Å²) in [6.45, 7) is 60.2. The molecule has 0 aromatic carbocycles. The highest BCUT2D eigenvalue weighted by Crippen LogP contribution is 2.52. The van der Waals surface area contributed by atoms with Crippen molar-refractivity contribution in [3.8, 4) is 0 Å². The highest BCUT2D eigenvalue weighted by atomic mass is 16.5. The van der Waals surface area contributed by atoms with E-state index in [1.165, 1.54) is 19.3 Å². The summed E-state index contributed by atoms with van der Waals surface area (Å²) in [5, 5.41) is 0. The highest BCUT2D eigenvalue weighted by Gasteiger charge is 2.47. The van der Waals surface area contributed by atoms with Crippen molar-refractivity contribution in [3.05, 3.63) is 0 Å². The third kappa shape index (κ3) is 23.4. The lowest BCUT2D eigenvalue weighted by molar-refractivity contribution is -0.164. The van der Waals surface area contributed by atoms with Crippen molar-refractivity contribution in [1.82, 2.24) is 0 Å². The number of ether oxygens (including phenoxy) is 2. The molecule has 0 aromatic heterocycles. The monoisotopic (exact) mass is 679 g/mol. The summed E-state index contributed by atoms with van der Waals surface area (Å²) in [6, 6.07) is 0. The van der Waals surface area contributed by atoms with Gasteiger partial charge in [0.1, 0.15) is 0 Å². The van der Waals surface area contributed by atoms with Crippen LogP contribution in [0.15, 0.2) is 0 Å². The van der Waals surface area contributed by atoms with E-state index in [2.05, 4.69) is 166 Å². The Balaban J connectivity index is 7.21. The first-order valence-electron chi connectivity index (χ1n) is 19.8. The Morgan fingerprint density at radius 2 is 0.458 bits per heavy atom. The van der Waals surface area contributed by atoms with Crippen LogP contribution in [0.4, 0.5) is 0 Å². The van der Waals surface area contributed by atoms with Crippen LogP contribution in [0.1, 0.15) is 218 Å². The minimum absolute atomic E-state index is 0.0909. The average molecular weight is 679 g/mol. The quantitative estimate of drug-likeness (QED) is 0.172. The van der Waals surface area contributed by atoms with Gasteiger partial charge in [-0.3, -0.25) is 0 Å². The predicted molar refractivity (Wildman–Crippen MR) is 217 cm³/mol. The molecule has 0 bridgehead atoms. The number of hydrogen-bond acceptors (Lipinski definition) is 2. The van der Waals surface area contributed by atoms with Crippen LogP contribution in [-0.2, 0) is 9.47 Å². The van der Waals surface area contributed by atoms with Crippen LogP contribution in [0.5, 0.6) is 0 Å². The first-order valence-corrected chi connectivity index (χ1v) is 19.8. The second-order valence-corrected chi connectivity index (χ2v) is 26.9. The molecule has 0 radical (unpaired) electrons. The van der Waals surface area contributed by atoms with Gasteiger partial charge in [-0.25, -0.2) is 0 Å². The van der Waals surface area contributed by atoms with Gasteiger partial charge in [0, 0.05) is 5.41 Å². The fraction of sp³-hybridized carbons (Fsp3) is 1.00. The zero-order valence-corrected chi connectivity index (χ0v) is 38.1. The lowest BCUT2D eigenvalue weighted by atomic mass is 9.61. The Hall–Kier alpha value is -0.0800. The van der Waals surface area contributed by atoms with E-state index < -0.39 is 0 Å². The molecule has 48 heavy (non-hydrogen) atoms. The Bertz CT molecular complexity index is 828. The third-order valence-electron chi connectivity index (χ3n) is 8.59. The van der Waals surface area contributed by atoms with Crippen LogP contribution in [0.3, 0.4) is 0 Å². The van der Waals surface area contributed by atoms with Gasteiger partial charge in [0.15, 0.2) is 0 Å². The summed E-state index contributed by atoms with van der Waals surface area (Å²) in [6.07, 6.45) is 8.85. The fourth-order valence-corrected chi connectivity index (χ4v) is 10.3. The molecule has 0 atom stereocenters. The molecular formula is C46H94O2. The SMILES string of the molecule is CC(C)(C)CC(COCC(CC(C)(C)C)(CC(C)(C)C)CC(C)(C)C)(COC(CC(C)(C)C)(CC(C)(C)C)CC(C)(C)C)CC(C)(C)C. The molecule has 0 aromatic rings.